The van der Waals surface area contributed by atoms with Crippen LogP contribution in [0.25, 0.3) is 11.2 Å². The Bertz CT molecular complexity index is 953. The topological polar surface area (TPSA) is 102 Å². The molecule has 1 unspecified atom stereocenters. The van der Waals surface area contributed by atoms with Crippen molar-refractivity contribution < 1.29 is 0 Å². The van der Waals surface area contributed by atoms with Crippen molar-refractivity contribution in [2.24, 2.45) is 9.98 Å². The van der Waals surface area contributed by atoms with E-state index in [1.54, 1.807) is 12.4 Å². The lowest BCUT2D eigenvalue weighted by atomic mass is 10.1. The Labute approximate surface area is 172 Å². The molecule has 0 saturated heterocycles. The average molecular weight is 395 g/mol. The molecule has 154 valence electrons. The molecule has 8 nitrogen and oxygen atoms in total. The number of aliphatic imine (C=N–C) groups is 2. The Morgan fingerprint density at radius 3 is 2.10 bits per heavy atom. The smallest absolute Gasteiger partial charge is 0.181 e. The molecule has 3 heterocycles. The van der Waals surface area contributed by atoms with Crippen molar-refractivity contribution in [3.63, 3.8) is 0 Å². The molecule has 29 heavy (non-hydrogen) atoms. The summed E-state index contributed by atoms with van der Waals surface area (Å²) < 4.78 is 0. The van der Waals surface area contributed by atoms with Gasteiger partial charge in [0.25, 0.3) is 0 Å². The Hall–Kier alpha value is -3.16. The number of hydrogen-bond donors (Lipinski definition) is 0. The van der Waals surface area contributed by atoms with Crippen molar-refractivity contribution in [2.45, 2.75) is 60.3 Å². The van der Waals surface area contributed by atoms with Crippen LogP contribution in [0.4, 0.5) is 11.5 Å². The molecule has 0 aliphatic carbocycles. The summed E-state index contributed by atoms with van der Waals surface area (Å²) in [4.78, 5) is 34.1. The van der Waals surface area contributed by atoms with Gasteiger partial charge in [0.2, 0.25) is 0 Å². The first-order chi connectivity index (χ1) is 14.0. The third-order valence-electron chi connectivity index (χ3n) is 3.86. The number of rotatable bonds is 5. The zero-order valence-electron chi connectivity index (χ0n) is 18.4. The number of fused-ring (bicyclic) bond motifs is 1. The molecular weight excluding hydrogens is 364 g/mol. The van der Waals surface area contributed by atoms with Crippen LogP contribution >= 0.6 is 0 Å². The first-order valence-corrected chi connectivity index (χ1v) is 9.83. The van der Waals surface area contributed by atoms with Gasteiger partial charge < -0.3 is 0 Å². The molecular formula is C21H30N8. The zero-order chi connectivity index (χ0) is 22.0. The molecule has 1 atom stereocenters. The van der Waals surface area contributed by atoms with E-state index in [0.717, 1.165) is 11.4 Å². The highest BCUT2D eigenvalue weighted by molar-refractivity contribution is 5.72. The van der Waals surface area contributed by atoms with E-state index in [-0.39, 0.29) is 11.8 Å². The highest BCUT2D eigenvalue weighted by Crippen LogP contribution is 2.28. The van der Waals surface area contributed by atoms with Gasteiger partial charge in [-0.05, 0) is 26.3 Å². The average Bonchev–Trinajstić information content (AvgIpc) is 2.79. The van der Waals surface area contributed by atoms with Crippen LogP contribution in [0.15, 0.2) is 28.7 Å². The lowest BCUT2D eigenvalue weighted by molar-refractivity contribution is 0.779. The quantitative estimate of drug-likeness (QED) is 0.551. The van der Waals surface area contributed by atoms with Crippen LogP contribution in [0.1, 0.15) is 77.5 Å². The van der Waals surface area contributed by atoms with Gasteiger partial charge in [0.15, 0.2) is 11.5 Å². The van der Waals surface area contributed by atoms with Crippen LogP contribution in [0.2, 0.25) is 0 Å². The van der Waals surface area contributed by atoms with Gasteiger partial charge in [0, 0.05) is 0 Å². The summed E-state index contributed by atoms with van der Waals surface area (Å²) in [5, 5.41) is 0. The third kappa shape index (κ3) is 5.43. The number of nitrogens with zero attached hydrogens (tertiary/aromatic N) is 8. The van der Waals surface area contributed by atoms with E-state index in [9.17, 15) is 0 Å². The standard InChI is InChI=1S/C17H18N8.2C2H6/c1-9(2)13-14-17(23-8-22-13)24-11(6-20-14)10(3)15-21-7-12(18-4)16(19-5)25-15;2*1-2/h6-10H,4-5H2,1-3H3;2*1-2H3. The van der Waals surface area contributed by atoms with Crippen molar-refractivity contribution in [1.29, 1.82) is 0 Å². The van der Waals surface area contributed by atoms with Crippen molar-refractivity contribution in [3.05, 3.63) is 35.9 Å². The number of aromatic nitrogens is 6. The molecule has 0 aliphatic heterocycles. The normalized spacial score (nSPS) is 11.0. The van der Waals surface area contributed by atoms with Crippen LogP contribution in [-0.4, -0.2) is 43.3 Å². The van der Waals surface area contributed by atoms with Gasteiger partial charge in [-0.15, -0.1) is 0 Å². The van der Waals surface area contributed by atoms with Crippen molar-refractivity contribution in [3.8, 4) is 0 Å². The molecule has 3 rings (SSSR count). The van der Waals surface area contributed by atoms with Crippen LogP contribution in [0.3, 0.4) is 0 Å². The second-order valence-electron chi connectivity index (χ2n) is 5.86. The predicted molar refractivity (Wildman–Crippen MR) is 120 cm³/mol. The molecule has 0 amide bonds. The first kappa shape index (κ1) is 23.9. The summed E-state index contributed by atoms with van der Waals surface area (Å²) in [5.74, 6) is 1.01. The van der Waals surface area contributed by atoms with Crippen LogP contribution < -0.4 is 0 Å². The molecule has 0 saturated carbocycles. The Morgan fingerprint density at radius 2 is 1.52 bits per heavy atom. The van der Waals surface area contributed by atoms with Gasteiger partial charge in [-0.1, -0.05) is 41.5 Å². The molecule has 0 spiro atoms. The zero-order valence-corrected chi connectivity index (χ0v) is 18.4. The summed E-state index contributed by atoms with van der Waals surface area (Å²) in [7, 11) is 0. The molecule has 0 bridgehead atoms. The van der Waals surface area contributed by atoms with Crippen molar-refractivity contribution in [2.75, 3.05) is 0 Å². The van der Waals surface area contributed by atoms with E-state index in [4.69, 9.17) is 0 Å². The Morgan fingerprint density at radius 1 is 0.828 bits per heavy atom. The second kappa shape index (κ2) is 11.6. The lowest BCUT2D eigenvalue weighted by Gasteiger charge is -2.12. The van der Waals surface area contributed by atoms with Crippen LogP contribution in [0, 0.1) is 0 Å². The molecule has 0 fully saturated rings. The minimum Gasteiger partial charge on any atom is -0.259 e. The fourth-order valence-electron chi connectivity index (χ4n) is 2.45. The molecule has 3 aromatic heterocycles. The fraction of sp³-hybridized carbons (Fsp3) is 0.429. The van der Waals surface area contributed by atoms with Gasteiger partial charge in [-0.25, -0.2) is 34.9 Å². The van der Waals surface area contributed by atoms with E-state index in [1.807, 2.05) is 34.6 Å². The van der Waals surface area contributed by atoms with Gasteiger partial charge >= 0.3 is 0 Å². The van der Waals surface area contributed by atoms with Crippen LogP contribution in [0.5, 0.6) is 0 Å². The van der Waals surface area contributed by atoms with Crippen LogP contribution in [-0.2, 0) is 0 Å². The highest BCUT2D eigenvalue weighted by Gasteiger charge is 2.18. The van der Waals surface area contributed by atoms with Gasteiger partial charge in [-0.2, -0.15) is 0 Å². The molecule has 8 heteroatoms. The molecule has 0 radical (unpaired) electrons. The molecule has 0 N–H and O–H groups in total. The van der Waals surface area contributed by atoms with Gasteiger partial charge in [0.1, 0.15) is 23.4 Å². The number of hydrogen-bond acceptors (Lipinski definition) is 8. The van der Waals surface area contributed by atoms with Gasteiger partial charge in [-0.3, -0.25) is 4.99 Å². The van der Waals surface area contributed by atoms with E-state index in [2.05, 4.69) is 67.2 Å². The molecule has 3 aromatic rings. The molecule has 0 aromatic carbocycles. The summed E-state index contributed by atoms with van der Waals surface area (Å²) in [6.07, 6.45) is 4.80. The first-order valence-electron chi connectivity index (χ1n) is 9.83. The van der Waals surface area contributed by atoms with Gasteiger partial charge in [0.05, 0.1) is 29.7 Å². The minimum absolute atomic E-state index is 0.186. The third-order valence-corrected chi connectivity index (χ3v) is 3.86. The summed E-state index contributed by atoms with van der Waals surface area (Å²) in [6, 6.07) is 0. The maximum absolute atomic E-state index is 4.62. The van der Waals surface area contributed by atoms with E-state index in [1.165, 1.54) is 6.33 Å². The van der Waals surface area contributed by atoms with E-state index >= 15 is 0 Å². The SMILES string of the molecule is C=Nc1cnc(C(C)c2cnc3c(C(C)C)ncnc3n2)nc1N=C.CC.CC. The Balaban J connectivity index is 0.000000989. The monoisotopic (exact) mass is 394 g/mol. The van der Waals surface area contributed by atoms with E-state index in [0.29, 0.717) is 28.5 Å². The minimum atomic E-state index is -0.186. The maximum Gasteiger partial charge on any atom is 0.181 e. The second-order valence-corrected chi connectivity index (χ2v) is 5.86. The van der Waals surface area contributed by atoms with Crippen molar-refractivity contribution >= 4 is 36.1 Å². The predicted octanol–water partition coefficient (Wildman–Crippen LogP) is 5.20. The fourth-order valence-corrected chi connectivity index (χ4v) is 2.45. The molecule has 0 aliphatic rings. The maximum atomic E-state index is 4.62. The largest absolute Gasteiger partial charge is 0.259 e. The highest BCUT2D eigenvalue weighted by atomic mass is 15.0. The summed E-state index contributed by atoms with van der Waals surface area (Å²) in [6.45, 7) is 21.1. The lowest BCUT2D eigenvalue weighted by Crippen LogP contribution is -2.07. The van der Waals surface area contributed by atoms with Crippen molar-refractivity contribution in [1.82, 2.24) is 29.9 Å². The summed E-state index contributed by atoms with van der Waals surface area (Å²) >= 11 is 0. The summed E-state index contributed by atoms with van der Waals surface area (Å²) in [5.41, 5.74) is 3.37. The Kier molecular flexibility index (Phi) is 9.58. The van der Waals surface area contributed by atoms with E-state index < -0.39 is 0 Å².